The number of hydrogen-bond acceptors (Lipinski definition) is 7. The SMILES string of the molecule is COC(=O)C(C#N)CC(C#N)(CO)C(=O)OC. The molecule has 7 heteroatoms. The summed E-state index contributed by atoms with van der Waals surface area (Å²) in [4.78, 5) is 22.6. The molecule has 17 heavy (non-hydrogen) atoms. The Morgan fingerprint density at radius 2 is 1.94 bits per heavy atom. The van der Waals surface area contributed by atoms with Crippen LogP contribution in [-0.2, 0) is 19.1 Å². The summed E-state index contributed by atoms with van der Waals surface area (Å²) in [5.41, 5.74) is -1.93. The largest absolute Gasteiger partial charge is 0.468 e. The van der Waals surface area contributed by atoms with Crippen molar-refractivity contribution in [2.24, 2.45) is 11.3 Å². The van der Waals surface area contributed by atoms with Crippen LogP contribution in [-0.4, -0.2) is 37.9 Å². The molecule has 2 unspecified atom stereocenters. The predicted molar refractivity (Wildman–Crippen MR) is 52.9 cm³/mol. The first-order valence-corrected chi connectivity index (χ1v) is 4.59. The first-order valence-electron chi connectivity index (χ1n) is 4.59. The molecule has 0 aliphatic rings. The average Bonchev–Trinajstić information content (AvgIpc) is 2.39. The summed E-state index contributed by atoms with van der Waals surface area (Å²) < 4.78 is 8.72. The molecule has 7 nitrogen and oxygen atoms in total. The van der Waals surface area contributed by atoms with Crippen LogP contribution in [0.1, 0.15) is 6.42 Å². The second kappa shape index (κ2) is 6.46. The molecule has 0 saturated carbocycles. The van der Waals surface area contributed by atoms with E-state index >= 15 is 0 Å². The minimum Gasteiger partial charge on any atom is -0.468 e. The lowest BCUT2D eigenvalue weighted by Crippen LogP contribution is -2.38. The predicted octanol–water partition coefficient (Wildman–Crippen LogP) is -0.635. The zero-order valence-electron chi connectivity index (χ0n) is 9.47. The highest BCUT2D eigenvalue weighted by Crippen LogP contribution is 2.27. The molecule has 0 aliphatic carbocycles. The molecule has 0 radical (unpaired) electrons. The van der Waals surface area contributed by atoms with Crippen molar-refractivity contribution in [3.8, 4) is 12.1 Å². The van der Waals surface area contributed by atoms with Crippen LogP contribution >= 0.6 is 0 Å². The van der Waals surface area contributed by atoms with E-state index in [-0.39, 0.29) is 0 Å². The third-order valence-corrected chi connectivity index (χ3v) is 2.25. The van der Waals surface area contributed by atoms with Gasteiger partial charge in [-0.1, -0.05) is 0 Å². The molecule has 0 saturated heterocycles. The summed E-state index contributed by atoms with van der Waals surface area (Å²) >= 11 is 0. The van der Waals surface area contributed by atoms with E-state index in [0.29, 0.717) is 0 Å². The van der Waals surface area contributed by atoms with E-state index in [2.05, 4.69) is 9.47 Å². The van der Waals surface area contributed by atoms with Crippen LogP contribution in [0.5, 0.6) is 0 Å². The van der Waals surface area contributed by atoms with Crippen molar-refractivity contribution < 1.29 is 24.2 Å². The van der Waals surface area contributed by atoms with Gasteiger partial charge in [0.2, 0.25) is 0 Å². The lowest BCUT2D eigenvalue weighted by atomic mass is 9.81. The number of nitrogens with zero attached hydrogens (tertiary/aromatic N) is 2. The van der Waals surface area contributed by atoms with Crippen LogP contribution in [0, 0.1) is 34.0 Å². The van der Waals surface area contributed by atoms with Gasteiger partial charge < -0.3 is 14.6 Å². The van der Waals surface area contributed by atoms with Gasteiger partial charge in [-0.25, -0.2) is 0 Å². The van der Waals surface area contributed by atoms with Crippen molar-refractivity contribution in [1.29, 1.82) is 10.5 Å². The summed E-state index contributed by atoms with van der Waals surface area (Å²) in [6.07, 6.45) is -0.476. The van der Waals surface area contributed by atoms with E-state index in [1.807, 2.05) is 0 Å². The Kier molecular flexibility index (Phi) is 5.65. The van der Waals surface area contributed by atoms with E-state index in [0.717, 1.165) is 14.2 Å². The minimum atomic E-state index is -1.93. The highest BCUT2D eigenvalue weighted by Gasteiger charge is 2.44. The lowest BCUT2D eigenvalue weighted by Gasteiger charge is -2.22. The molecule has 0 aromatic carbocycles. The van der Waals surface area contributed by atoms with E-state index in [9.17, 15) is 9.59 Å². The summed E-state index contributed by atoms with van der Waals surface area (Å²) in [6.45, 7) is -0.842. The molecule has 0 aromatic heterocycles. The Bertz CT molecular complexity index is 381. The number of methoxy groups -OCH3 is 2. The minimum absolute atomic E-state index is 0.476. The number of aliphatic hydroxyl groups is 1. The van der Waals surface area contributed by atoms with Crippen LogP contribution in [0.25, 0.3) is 0 Å². The molecule has 0 aliphatic heterocycles. The van der Waals surface area contributed by atoms with E-state index in [1.54, 1.807) is 12.1 Å². The Labute approximate surface area is 98.2 Å². The first kappa shape index (κ1) is 14.9. The monoisotopic (exact) mass is 240 g/mol. The summed E-state index contributed by atoms with van der Waals surface area (Å²) in [7, 11) is 2.13. The maximum absolute atomic E-state index is 11.4. The fourth-order valence-corrected chi connectivity index (χ4v) is 1.21. The van der Waals surface area contributed by atoms with Crippen molar-refractivity contribution in [3.05, 3.63) is 0 Å². The number of esters is 2. The van der Waals surface area contributed by atoms with Crippen molar-refractivity contribution >= 4 is 11.9 Å². The highest BCUT2D eigenvalue weighted by atomic mass is 16.5. The fourth-order valence-electron chi connectivity index (χ4n) is 1.21. The normalized spacial score (nSPS) is 14.6. The standard InChI is InChI=1S/C10H12N2O5/c1-16-8(14)7(4-11)3-10(5-12,6-13)9(15)17-2/h7,13H,3,6H2,1-2H3. The van der Waals surface area contributed by atoms with Gasteiger partial charge in [0, 0.05) is 6.42 Å². The Balaban J connectivity index is 5.14. The molecule has 2 atom stereocenters. The van der Waals surface area contributed by atoms with Crippen LogP contribution in [0.3, 0.4) is 0 Å². The van der Waals surface area contributed by atoms with Gasteiger partial charge in [0.15, 0.2) is 5.41 Å². The third-order valence-electron chi connectivity index (χ3n) is 2.25. The van der Waals surface area contributed by atoms with Crippen LogP contribution < -0.4 is 0 Å². The van der Waals surface area contributed by atoms with Crippen molar-refractivity contribution in [2.75, 3.05) is 20.8 Å². The van der Waals surface area contributed by atoms with Crippen LogP contribution in [0.15, 0.2) is 0 Å². The van der Waals surface area contributed by atoms with Crippen molar-refractivity contribution in [3.63, 3.8) is 0 Å². The van der Waals surface area contributed by atoms with Crippen LogP contribution in [0.2, 0.25) is 0 Å². The van der Waals surface area contributed by atoms with Gasteiger partial charge in [-0.3, -0.25) is 9.59 Å². The molecule has 92 valence electrons. The van der Waals surface area contributed by atoms with E-state index in [1.165, 1.54) is 0 Å². The second-order valence-corrected chi connectivity index (χ2v) is 3.25. The van der Waals surface area contributed by atoms with Gasteiger partial charge in [-0.2, -0.15) is 10.5 Å². The number of hydrogen-bond donors (Lipinski definition) is 1. The molecule has 0 spiro atoms. The van der Waals surface area contributed by atoms with Crippen molar-refractivity contribution in [2.45, 2.75) is 6.42 Å². The molecule has 0 heterocycles. The van der Waals surface area contributed by atoms with Gasteiger partial charge in [-0.05, 0) is 0 Å². The third kappa shape index (κ3) is 3.16. The number of aliphatic hydroxyl groups excluding tert-OH is 1. The summed E-state index contributed by atoms with van der Waals surface area (Å²) in [6, 6.07) is 3.19. The zero-order chi connectivity index (χ0) is 13.5. The highest BCUT2D eigenvalue weighted by molar-refractivity contribution is 5.82. The number of ether oxygens (including phenoxy) is 2. The lowest BCUT2D eigenvalue weighted by molar-refractivity contribution is -0.154. The van der Waals surface area contributed by atoms with E-state index < -0.39 is 36.3 Å². The summed E-state index contributed by atoms with van der Waals surface area (Å²) in [5.74, 6) is -3.18. The van der Waals surface area contributed by atoms with Gasteiger partial charge in [-0.15, -0.1) is 0 Å². The molecule has 0 rings (SSSR count). The molecule has 0 bridgehead atoms. The Morgan fingerprint density at radius 3 is 2.24 bits per heavy atom. The van der Waals surface area contributed by atoms with Crippen LogP contribution in [0.4, 0.5) is 0 Å². The number of carbonyl (C=O) groups excluding carboxylic acids is 2. The topological polar surface area (TPSA) is 120 Å². The van der Waals surface area contributed by atoms with E-state index in [4.69, 9.17) is 15.6 Å². The fraction of sp³-hybridized carbons (Fsp3) is 0.600. The maximum Gasteiger partial charge on any atom is 0.328 e. The quantitative estimate of drug-likeness (QED) is 0.634. The Morgan fingerprint density at radius 1 is 1.35 bits per heavy atom. The molecule has 1 N–H and O–H groups in total. The molecule has 0 amide bonds. The molecule has 0 aromatic rings. The van der Waals surface area contributed by atoms with Gasteiger partial charge in [0.05, 0.1) is 33.0 Å². The first-order chi connectivity index (χ1) is 8.01. The molecule has 0 fully saturated rings. The number of nitriles is 2. The number of carbonyl (C=O) groups is 2. The number of rotatable bonds is 5. The molecular weight excluding hydrogens is 228 g/mol. The maximum atomic E-state index is 11.4. The van der Waals surface area contributed by atoms with Crippen molar-refractivity contribution in [1.82, 2.24) is 0 Å². The zero-order valence-corrected chi connectivity index (χ0v) is 9.47. The Hall–Kier alpha value is -2.12. The second-order valence-electron chi connectivity index (χ2n) is 3.25. The average molecular weight is 240 g/mol. The smallest absolute Gasteiger partial charge is 0.328 e. The summed E-state index contributed by atoms with van der Waals surface area (Å²) in [5, 5.41) is 26.7. The van der Waals surface area contributed by atoms with Gasteiger partial charge in [0.1, 0.15) is 5.92 Å². The molecular formula is C10H12N2O5. The van der Waals surface area contributed by atoms with Gasteiger partial charge in [0.25, 0.3) is 0 Å². The van der Waals surface area contributed by atoms with Gasteiger partial charge >= 0.3 is 11.9 Å².